The molecule has 150 valence electrons. The number of carbonyl (C=O) groups excluding carboxylic acids is 1. The summed E-state index contributed by atoms with van der Waals surface area (Å²) >= 11 is 0. The molecule has 5 heterocycles. The van der Waals surface area contributed by atoms with Gasteiger partial charge in [-0.25, -0.2) is 19.3 Å². The molecule has 2 saturated heterocycles. The molecular formula is C20H22FN7O. The number of imidazole rings is 1. The fraction of sp³-hybridized carbons (Fsp3) is 0.400. The van der Waals surface area contributed by atoms with Gasteiger partial charge in [0.2, 0.25) is 5.91 Å². The molecule has 1 amide bonds. The molecule has 2 aliphatic heterocycles. The van der Waals surface area contributed by atoms with Crippen molar-refractivity contribution in [2.45, 2.75) is 31.5 Å². The lowest BCUT2D eigenvalue weighted by atomic mass is 10.1. The van der Waals surface area contributed by atoms with E-state index < -0.39 is 6.17 Å². The molecule has 2 atom stereocenters. The number of amides is 1. The van der Waals surface area contributed by atoms with Gasteiger partial charge in [0, 0.05) is 19.5 Å². The number of alkyl halides is 1. The predicted octanol–water partition coefficient (Wildman–Crippen LogP) is 2.03. The van der Waals surface area contributed by atoms with E-state index in [1.54, 1.807) is 17.3 Å². The Morgan fingerprint density at radius 3 is 3.00 bits per heavy atom. The van der Waals surface area contributed by atoms with Crippen LogP contribution in [0.2, 0.25) is 0 Å². The summed E-state index contributed by atoms with van der Waals surface area (Å²) in [5.74, 6) is 1.32. The first-order valence-electron chi connectivity index (χ1n) is 9.91. The van der Waals surface area contributed by atoms with E-state index in [1.165, 1.54) is 0 Å². The zero-order chi connectivity index (χ0) is 19.8. The number of hydrogen-bond donors (Lipinski definition) is 2. The smallest absolute Gasteiger partial charge is 0.228 e. The van der Waals surface area contributed by atoms with E-state index >= 15 is 0 Å². The van der Waals surface area contributed by atoms with E-state index in [9.17, 15) is 9.18 Å². The van der Waals surface area contributed by atoms with Gasteiger partial charge >= 0.3 is 0 Å². The van der Waals surface area contributed by atoms with Crippen molar-refractivity contribution >= 4 is 23.2 Å². The molecule has 0 aliphatic carbocycles. The first-order chi connectivity index (χ1) is 14.2. The number of nitrogens with zero attached hydrogens (tertiary/aromatic N) is 5. The molecule has 0 radical (unpaired) electrons. The van der Waals surface area contributed by atoms with E-state index in [-0.39, 0.29) is 11.9 Å². The molecule has 8 nitrogen and oxygen atoms in total. The summed E-state index contributed by atoms with van der Waals surface area (Å²) < 4.78 is 16.0. The quantitative estimate of drug-likeness (QED) is 0.703. The largest absolute Gasteiger partial charge is 0.363 e. The maximum atomic E-state index is 14.2. The maximum absolute atomic E-state index is 14.2. The standard InChI is InChI=1S/C20H22FN7O/c21-13-6-7-22-9-15(13)26-17-4-1-3-14(25-17)16-10-23-18-11-24-19(12-28(16)18)27-8-2-5-20(27)29/h1,3-4,10-13,15,22H,2,5-9H2,(H,25,26). The number of rotatable bonds is 4. The molecule has 0 spiro atoms. The number of anilines is 2. The van der Waals surface area contributed by atoms with Crippen LogP contribution in [-0.4, -0.2) is 57.1 Å². The van der Waals surface area contributed by atoms with Gasteiger partial charge in [-0.2, -0.15) is 0 Å². The Morgan fingerprint density at radius 2 is 2.17 bits per heavy atom. The molecule has 0 aromatic carbocycles. The molecule has 5 rings (SSSR count). The normalized spacial score (nSPS) is 22.4. The average molecular weight is 395 g/mol. The van der Waals surface area contributed by atoms with Crippen molar-refractivity contribution in [3.63, 3.8) is 0 Å². The van der Waals surface area contributed by atoms with Crippen LogP contribution < -0.4 is 15.5 Å². The fourth-order valence-corrected chi connectivity index (χ4v) is 3.91. The minimum Gasteiger partial charge on any atom is -0.363 e. The molecule has 2 unspecified atom stereocenters. The zero-order valence-corrected chi connectivity index (χ0v) is 15.9. The summed E-state index contributed by atoms with van der Waals surface area (Å²) in [6.07, 6.45) is 6.21. The Bertz CT molecular complexity index is 1050. The van der Waals surface area contributed by atoms with E-state index in [0.29, 0.717) is 55.5 Å². The summed E-state index contributed by atoms with van der Waals surface area (Å²) in [4.78, 5) is 27.2. The second-order valence-electron chi connectivity index (χ2n) is 7.43. The van der Waals surface area contributed by atoms with Gasteiger partial charge in [0.25, 0.3) is 0 Å². The molecular weight excluding hydrogens is 373 g/mol. The van der Waals surface area contributed by atoms with Crippen LogP contribution in [0.15, 0.2) is 36.8 Å². The van der Waals surface area contributed by atoms with Gasteiger partial charge in [0.15, 0.2) is 11.5 Å². The third-order valence-corrected chi connectivity index (χ3v) is 5.47. The molecule has 29 heavy (non-hydrogen) atoms. The lowest BCUT2D eigenvalue weighted by Gasteiger charge is -2.28. The number of fused-ring (bicyclic) bond motifs is 1. The third kappa shape index (κ3) is 3.42. The van der Waals surface area contributed by atoms with Gasteiger partial charge in [-0.05, 0) is 31.5 Å². The van der Waals surface area contributed by atoms with Crippen molar-refractivity contribution in [1.82, 2.24) is 24.7 Å². The van der Waals surface area contributed by atoms with Crippen LogP contribution in [0.5, 0.6) is 0 Å². The highest BCUT2D eigenvalue weighted by atomic mass is 19.1. The Labute approximate surface area is 167 Å². The van der Waals surface area contributed by atoms with Crippen LogP contribution in [0.25, 0.3) is 17.0 Å². The first kappa shape index (κ1) is 18.0. The highest BCUT2D eigenvalue weighted by Crippen LogP contribution is 2.25. The minimum atomic E-state index is -0.899. The summed E-state index contributed by atoms with van der Waals surface area (Å²) in [5, 5.41) is 6.40. The van der Waals surface area contributed by atoms with Crippen molar-refractivity contribution in [2.24, 2.45) is 0 Å². The number of hydrogen-bond acceptors (Lipinski definition) is 6. The predicted molar refractivity (Wildman–Crippen MR) is 108 cm³/mol. The van der Waals surface area contributed by atoms with Crippen LogP contribution in [0.1, 0.15) is 19.3 Å². The van der Waals surface area contributed by atoms with E-state index in [4.69, 9.17) is 0 Å². The van der Waals surface area contributed by atoms with Crippen molar-refractivity contribution < 1.29 is 9.18 Å². The van der Waals surface area contributed by atoms with Crippen molar-refractivity contribution in [2.75, 3.05) is 29.9 Å². The van der Waals surface area contributed by atoms with Gasteiger partial charge in [-0.1, -0.05) is 6.07 Å². The number of carbonyl (C=O) groups is 1. The molecule has 2 fully saturated rings. The van der Waals surface area contributed by atoms with Gasteiger partial charge in [-0.3, -0.25) is 14.1 Å². The molecule has 2 aliphatic rings. The van der Waals surface area contributed by atoms with Crippen molar-refractivity contribution in [3.8, 4) is 11.4 Å². The van der Waals surface area contributed by atoms with Crippen LogP contribution in [0.3, 0.4) is 0 Å². The monoisotopic (exact) mass is 395 g/mol. The Morgan fingerprint density at radius 1 is 1.24 bits per heavy atom. The summed E-state index contributed by atoms with van der Waals surface area (Å²) in [5.41, 5.74) is 2.18. The maximum Gasteiger partial charge on any atom is 0.228 e. The molecule has 9 heteroatoms. The molecule has 3 aromatic rings. The Balaban J connectivity index is 1.46. The van der Waals surface area contributed by atoms with Crippen molar-refractivity contribution in [1.29, 1.82) is 0 Å². The van der Waals surface area contributed by atoms with E-state index in [2.05, 4.69) is 25.6 Å². The summed E-state index contributed by atoms with van der Waals surface area (Å²) in [6.45, 7) is 1.95. The fourth-order valence-electron chi connectivity index (χ4n) is 3.91. The van der Waals surface area contributed by atoms with Crippen LogP contribution >= 0.6 is 0 Å². The molecule has 0 saturated carbocycles. The summed E-state index contributed by atoms with van der Waals surface area (Å²) in [6, 6.07) is 5.32. The van der Waals surface area contributed by atoms with E-state index in [1.807, 2.05) is 28.8 Å². The Hall–Kier alpha value is -3.07. The summed E-state index contributed by atoms with van der Waals surface area (Å²) in [7, 11) is 0. The SMILES string of the molecule is O=C1CCCN1c1cn2c(-c3cccc(NC4CNCCC4F)n3)cnc2cn1. The highest BCUT2D eigenvalue weighted by molar-refractivity contribution is 5.94. The first-order valence-corrected chi connectivity index (χ1v) is 9.91. The second kappa shape index (κ2) is 7.40. The van der Waals surface area contributed by atoms with E-state index in [0.717, 1.165) is 12.1 Å². The second-order valence-corrected chi connectivity index (χ2v) is 7.43. The zero-order valence-electron chi connectivity index (χ0n) is 15.9. The van der Waals surface area contributed by atoms with Gasteiger partial charge in [0.05, 0.1) is 36.0 Å². The topological polar surface area (TPSA) is 87.5 Å². The van der Waals surface area contributed by atoms with Gasteiger partial charge in [-0.15, -0.1) is 0 Å². The van der Waals surface area contributed by atoms with Gasteiger partial charge in [0.1, 0.15) is 12.0 Å². The molecule has 3 aromatic heterocycles. The minimum absolute atomic E-state index is 0.0877. The number of pyridine rings is 1. The Kier molecular flexibility index (Phi) is 4.59. The number of halogens is 1. The number of piperidine rings is 1. The number of aromatic nitrogens is 4. The average Bonchev–Trinajstić information content (AvgIpc) is 3.35. The number of nitrogens with one attached hydrogen (secondary N) is 2. The van der Waals surface area contributed by atoms with Crippen molar-refractivity contribution in [3.05, 3.63) is 36.8 Å². The van der Waals surface area contributed by atoms with Crippen LogP contribution in [-0.2, 0) is 4.79 Å². The van der Waals surface area contributed by atoms with Crippen LogP contribution in [0, 0.1) is 0 Å². The van der Waals surface area contributed by atoms with Gasteiger partial charge < -0.3 is 10.6 Å². The molecule has 0 bridgehead atoms. The lowest BCUT2D eigenvalue weighted by molar-refractivity contribution is -0.117. The van der Waals surface area contributed by atoms with Crippen LogP contribution in [0.4, 0.5) is 16.0 Å². The molecule has 2 N–H and O–H groups in total. The third-order valence-electron chi connectivity index (χ3n) is 5.47. The lowest BCUT2D eigenvalue weighted by Crippen LogP contribution is -2.46. The highest BCUT2D eigenvalue weighted by Gasteiger charge is 2.25.